The number of pyridine rings is 2. The van der Waals surface area contributed by atoms with Gasteiger partial charge in [0.1, 0.15) is 29.6 Å². The summed E-state index contributed by atoms with van der Waals surface area (Å²) in [6, 6.07) is 8.84. The number of ether oxygens (including phenoxy) is 1. The molecular weight excluding hydrogens is 809 g/mol. The second-order valence-electron chi connectivity index (χ2n) is 16.2. The Morgan fingerprint density at radius 1 is 0.839 bits per heavy atom. The Morgan fingerprint density at radius 2 is 1.37 bits per heavy atom. The number of carbonyl (C=O) groups excluding carboxylic acids is 2. The van der Waals surface area contributed by atoms with Gasteiger partial charge in [0.25, 0.3) is 0 Å². The number of hydrogen-bond donors (Lipinski definition) is 2. The predicted molar refractivity (Wildman–Crippen MR) is 220 cm³/mol. The molecule has 0 unspecified atom stereocenters. The van der Waals surface area contributed by atoms with E-state index < -0.39 is 52.4 Å². The molecule has 3 N–H and O–H groups in total. The molecule has 0 radical (unpaired) electrons. The van der Waals surface area contributed by atoms with Crippen LogP contribution in [0.1, 0.15) is 68.2 Å². The first kappa shape index (κ1) is 42.9. The fourth-order valence-electron chi connectivity index (χ4n) is 7.48. The van der Waals surface area contributed by atoms with Crippen molar-refractivity contribution in [2.45, 2.75) is 75.2 Å². The molecule has 2 saturated carbocycles. The molecule has 0 aromatic carbocycles. The van der Waals surface area contributed by atoms with Gasteiger partial charge in [0, 0.05) is 54.9 Å². The summed E-state index contributed by atoms with van der Waals surface area (Å²) in [5, 5.41) is 3.06. The standard InChI is InChI=1S/C24H24F2N6O2.C19H18F2N6O/c1-23(2,3)34-22(33)32(15-24(10-16(25)11-24)20-19(26)6-5-8-28-20)21-29-12-18(13-30-21)31-9-7-17(14-31)27-4;20-13-6-19(7-13,16-15(21)2-1-4-23-16)11-26-18-24-8-14(9-25-18)27-5-3-12(10-27)17(22)28/h5-9,12-14,16H,10-11,15H2,1-3H3;1-5,8-10,13H,6-7,11H2,(H2,22,28)(H,24,25,26). The van der Waals surface area contributed by atoms with Gasteiger partial charge >= 0.3 is 6.09 Å². The summed E-state index contributed by atoms with van der Waals surface area (Å²) in [4.78, 5) is 54.3. The Bertz CT molecular complexity index is 2580. The van der Waals surface area contributed by atoms with Crippen LogP contribution in [0, 0.1) is 18.2 Å². The van der Waals surface area contributed by atoms with Gasteiger partial charge in [-0.05, 0) is 89.0 Å². The van der Waals surface area contributed by atoms with Crippen LogP contribution in [0.5, 0.6) is 0 Å². The Balaban J connectivity index is 0.000000190. The predicted octanol–water partition coefficient (Wildman–Crippen LogP) is 7.55. The summed E-state index contributed by atoms with van der Waals surface area (Å²) in [6.07, 6.45) is 13.3. The minimum absolute atomic E-state index is 0.0150. The largest absolute Gasteiger partial charge is 0.443 e. The lowest BCUT2D eigenvalue weighted by Gasteiger charge is -2.45. The summed E-state index contributed by atoms with van der Waals surface area (Å²) < 4.78 is 65.4. The van der Waals surface area contributed by atoms with Gasteiger partial charge in [-0.25, -0.2) is 52.0 Å². The van der Waals surface area contributed by atoms with Crippen molar-refractivity contribution in [3.05, 3.63) is 138 Å². The number of aromatic nitrogens is 8. The second-order valence-corrected chi connectivity index (χ2v) is 16.2. The van der Waals surface area contributed by atoms with E-state index in [1.54, 1.807) is 79.2 Å². The molecule has 8 rings (SSSR count). The van der Waals surface area contributed by atoms with Crippen molar-refractivity contribution in [3.8, 4) is 11.4 Å². The summed E-state index contributed by atoms with van der Waals surface area (Å²) >= 11 is 0. The molecule has 320 valence electrons. The Labute approximate surface area is 353 Å². The fourth-order valence-corrected chi connectivity index (χ4v) is 7.48. The van der Waals surface area contributed by atoms with E-state index in [9.17, 15) is 27.2 Å². The van der Waals surface area contributed by atoms with Gasteiger partial charge in [0.2, 0.25) is 23.5 Å². The van der Waals surface area contributed by atoms with Crippen LogP contribution in [-0.2, 0) is 15.6 Å². The van der Waals surface area contributed by atoms with Crippen molar-refractivity contribution in [2.24, 2.45) is 5.73 Å². The molecule has 19 heteroatoms. The maximum absolute atomic E-state index is 14.7. The number of alkyl halides is 2. The van der Waals surface area contributed by atoms with Gasteiger partial charge in [-0.3, -0.25) is 14.8 Å². The molecule has 2 aliphatic carbocycles. The van der Waals surface area contributed by atoms with Crippen molar-refractivity contribution >= 4 is 29.6 Å². The number of amides is 2. The van der Waals surface area contributed by atoms with Crippen LogP contribution in [0.15, 0.2) is 98.4 Å². The van der Waals surface area contributed by atoms with E-state index in [0.29, 0.717) is 28.6 Å². The van der Waals surface area contributed by atoms with Crippen LogP contribution in [0.4, 0.5) is 39.9 Å². The van der Waals surface area contributed by atoms with Gasteiger partial charge < -0.3 is 24.9 Å². The van der Waals surface area contributed by atoms with E-state index in [1.807, 2.05) is 0 Å². The zero-order valence-corrected chi connectivity index (χ0v) is 33.9. The molecule has 62 heavy (non-hydrogen) atoms. The first-order valence-corrected chi connectivity index (χ1v) is 19.5. The third-order valence-corrected chi connectivity index (χ3v) is 10.5. The van der Waals surface area contributed by atoms with E-state index in [2.05, 4.69) is 40.1 Å². The van der Waals surface area contributed by atoms with E-state index in [1.165, 1.54) is 54.0 Å². The third kappa shape index (κ3) is 9.38. The Hall–Kier alpha value is -7.23. The zero-order chi connectivity index (χ0) is 44.2. The molecule has 0 bridgehead atoms. The van der Waals surface area contributed by atoms with Crippen LogP contribution in [0.25, 0.3) is 16.2 Å². The molecule has 2 aliphatic rings. The van der Waals surface area contributed by atoms with Crippen LogP contribution >= 0.6 is 0 Å². The maximum Gasteiger partial charge on any atom is 0.417 e. The second kappa shape index (κ2) is 17.4. The highest BCUT2D eigenvalue weighted by atomic mass is 19.1. The van der Waals surface area contributed by atoms with Crippen LogP contribution < -0.4 is 16.0 Å². The summed E-state index contributed by atoms with van der Waals surface area (Å²) in [7, 11) is 0. The number of primary amides is 1. The minimum Gasteiger partial charge on any atom is -0.443 e. The van der Waals surface area contributed by atoms with E-state index >= 15 is 0 Å². The molecule has 2 amide bonds. The lowest BCUT2D eigenvalue weighted by molar-refractivity contribution is 0.0505. The number of nitrogens with two attached hydrogens (primary N) is 1. The van der Waals surface area contributed by atoms with Crippen molar-refractivity contribution in [2.75, 3.05) is 23.3 Å². The van der Waals surface area contributed by atoms with E-state index in [4.69, 9.17) is 17.0 Å². The zero-order valence-electron chi connectivity index (χ0n) is 33.9. The number of nitrogens with zero attached hydrogens (tertiary/aromatic N) is 10. The average molecular weight is 851 g/mol. The molecule has 6 aromatic heterocycles. The van der Waals surface area contributed by atoms with Gasteiger partial charge in [0.05, 0.1) is 59.7 Å². The molecule has 0 saturated heterocycles. The lowest BCUT2D eigenvalue weighted by Crippen LogP contribution is -2.54. The van der Waals surface area contributed by atoms with Crippen molar-refractivity contribution in [1.29, 1.82) is 0 Å². The van der Waals surface area contributed by atoms with Crippen LogP contribution in [0.3, 0.4) is 0 Å². The highest BCUT2D eigenvalue weighted by molar-refractivity contribution is 5.92. The lowest BCUT2D eigenvalue weighted by atomic mass is 9.64. The smallest absolute Gasteiger partial charge is 0.417 e. The number of halogens is 4. The van der Waals surface area contributed by atoms with E-state index in [0.717, 1.165) is 0 Å². The molecule has 2 fully saturated rings. The monoisotopic (exact) mass is 850 g/mol. The Kier molecular flexibility index (Phi) is 12.0. The third-order valence-electron chi connectivity index (χ3n) is 10.5. The van der Waals surface area contributed by atoms with Gasteiger partial charge in [-0.2, -0.15) is 0 Å². The number of rotatable bonds is 11. The molecular formula is C43H42F4N12O3. The summed E-state index contributed by atoms with van der Waals surface area (Å²) in [5.74, 6) is -1.14. The van der Waals surface area contributed by atoms with Gasteiger partial charge in [-0.15, -0.1) is 0 Å². The highest BCUT2D eigenvalue weighted by Gasteiger charge is 2.51. The van der Waals surface area contributed by atoms with Crippen LogP contribution in [-0.4, -0.2) is 82.1 Å². The minimum atomic E-state index is -1.13. The number of anilines is 2. The number of nitrogens with one attached hydrogen (secondary N) is 1. The van der Waals surface area contributed by atoms with Crippen LogP contribution in [0.2, 0.25) is 0 Å². The first-order valence-electron chi connectivity index (χ1n) is 19.5. The quantitative estimate of drug-likeness (QED) is 0.0978. The van der Waals surface area contributed by atoms with Crippen molar-refractivity contribution < 1.29 is 31.9 Å². The van der Waals surface area contributed by atoms with Crippen molar-refractivity contribution in [1.82, 2.24) is 39.0 Å². The first-order chi connectivity index (χ1) is 29.6. The molecule has 0 spiro atoms. The van der Waals surface area contributed by atoms with Crippen molar-refractivity contribution in [3.63, 3.8) is 0 Å². The average Bonchev–Trinajstić information content (AvgIpc) is 3.92. The normalized spacial score (nSPS) is 20.4. The topological polar surface area (TPSA) is 176 Å². The van der Waals surface area contributed by atoms with Gasteiger partial charge in [0.15, 0.2) is 0 Å². The molecule has 0 atom stereocenters. The molecule has 15 nitrogen and oxygen atoms in total. The fraction of sp³-hybridized carbons (Fsp3) is 0.326. The molecule has 6 aromatic rings. The maximum atomic E-state index is 14.7. The Morgan fingerprint density at radius 3 is 1.87 bits per heavy atom. The summed E-state index contributed by atoms with van der Waals surface area (Å²) in [6.45, 7) is 12.5. The highest BCUT2D eigenvalue weighted by Crippen LogP contribution is 2.47. The van der Waals surface area contributed by atoms with E-state index in [-0.39, 0.29) is 56.1 Å². The van der Waals surface area contributed by atoms with Gasteiger partial charge in [-0.1, -0.05) is 0 Å². The number of hydrogen-bond acceptors (Lipinski definition) is 10. The summed E-state index contributed by atoms with van der Waals surface area (Å²) in [5.41, 5.74) is 5.13. The molecule has 0 aliphatic heterocycles. The SMILES string of the molecule is NC(=O)c1ccn(-c2cnc(NCC3(c4ncccc4F)CC(F)C3)nc2)c1.[C-]#[N+]c1ccn(-c2cnc(N(CC3(c4ncccc4F)CC(F)C3)C(=O)OC(C)(C)C)nc2)c1. The molecule has 6 heterocycles. The number of carbonyl (C=O) groups is 2.